The Balaban J connectivity index is 1.83. The summed E-state index contributed by atoms with van der Waals surface area (Å²) in [5, 5.41) is 3.42. The number of hydrogen-bond donors (Lipinski definition) is 1. The summed E-state index contributed by atoms with van der Waals surface area (Å²) < 4.78 is 2.85. The molecule has 0 aliphatic carbocycles. The van der Waals surface area contributed by atoms with Crippen molar-refractivity contribution in [2.24, 2.45) is 18.9 Å². The average Bonchev–Trinajstić information content (AvgIpc) is 2.96. The predicted octanol–water partition coefficient (Wildman–Crippen LogP) is 1.47. The summed E-state index contributed by atoms with van der Waals surface area (Å²) in [5.74, 6) is 1.41. The minimum Gasteiger partial charge on any atom is -0.345 e. The topological polar surface area (TPSA) is 37.3 Å². The summed E-state index contributed by atoms with van der Waals surface area (Å²) >= 11 is 3.42. The van der Waals surface area contributed by atoms with Crippen LogP contribution in [0.3, 0.4) is 0 Å². The van der Waals surface area contributed by atoms with Crippen molar-refractivity contribution in [3.63, 3.8) is 0 Å². The van der Waals surface area contributed by atoms with Gasteiger partial charge in [0.15, 0.2) is 0 Å². The van der Waals surface area contributed by atoms with Crippen molar-refractivity contribution in [3.8, 4) is 0 Å². The molecule has 2 aliphatic heterocycles. The van der Waals surface area contributed by atoms with Crippen LogP contribution < -0.4 is 5.32 Å². The van der Waals surface area contributed by atoms with Crippen molar-refractivity contribution in [1.29, 1.82) is 0 Å². The number of nitrogens with one attached hydrogen (secondary N) is 1. The molecule has 3 rings (SSSR count). The lowest BCUT2D eigenvalue weighted by Gasteiger charge is -2.24. The summed E-state index contributed by atoms with van der Waals surface area (Å²) in [6.07, 6.45) is 1.93. The van der Waals surface area contributed by atoms with Gasteiger partial charge < -0.3 is 14.8 Å². The maximum absolute atomic E-state index is 12.6. The third kappa shape index (κ3) is 1.80. The van der Waals surface area contributed by atoms with Crippen molar-refractivity contribution in [2.75, 3.05) is 19.6 Å². The van der Waals surface area contributed by atoms with Crippen molar-refractivity contribution in [1.82, 2.24) is 14.8 Å². The Kier molecular flexibility index (Phi) is 2.98. The van der Waals surface area contributed by atoms with E-state index in [0.29, 0.717) is 17.9 Å². The summed E-state index contributed by atoms with van der Waals surface area (Å²) in [4.78, 5) is 14.6. The molecule has 18 heavy (non-hydrogen) atoms. The van der Waals surface area contributed by atoms with Gasteiger partial charge >= 0.3 is 0 Å². The average molecular weight is 312 g/mol. The zero-order valence-electron chi connectivity index (χ0n) is 10.7. The third-order valence-corrected chi connectivity index (χ3v) is 4.82. The molecule has 2 fully saturated rings. The Morgan fingerprint density at radius 2 is 2.28 bits per heavy atom. The number of rotatable bonds is 1. The van der Waals surface area contributed by atoms with E-state index in [2.05, 4.69) is 28.2 Å². The highest BCUT2D eigenvalue weighted by molar-refractivity contribution is 9.10. The summed E-state index contributed by atoms with van der Waals surface area (Å²) in [6.45, 7) is 5.16. The van der Waals surface area contributed by atoms with E-state index >= 15 is 0 Å². The van der Waals surface area contributed by atoms with Gasteiger partial charge in [0.1, 0.15) is 5.69 Å². The maximum atomic E-state index is 12.6. The van der Waals surface area contributed by atoms with Gasteiger partial charge in [0.25, 0.3) is 5.91 Å². The molecule has 2 aliphatic rings. The lowest BCUT2D eigenvalue weighted by molar-refractivity contribution is 0.0719. The minimum absolute atomic E-state index is 0.158. The van der Waals surface area contributed by atoms with Gasteiger partial charge in [0.05, 0.1) is 0 Å². The van der Waals surface area contributed by atoms with Crippen molar-refractivity contribution in [3.05, 3.63) is 22.4 Å². The Bertz CT molecular complexity index is 485. The van der Waals surface area contributed by atoms with E-state index < -0.39 is 0 Å². The van der Waals surface area contributed by atoms with Gasteiger partial charge in [-0.2, -0.15) is 0 Å². The standard InChI is InChI=1S/C13H18BrN3O/c1-8-11-5-15-4-9(11)6-17(8)13(18)12-3-10(14)7-16(12)2/h3,7-9,11,15H,4-6H2,1-2H3. The van der Waals surface area contributed by atoms with Crippen LogP contribution in [0.4, 0.5) is 0 Å². The molecular formula is C13H18BrN3O. The van der Waals surface area contributed by atoms with Crippen LogP contribution in [-0.2, 0) is 7.05 Å². The first kappa shape index (κ1) is 12.2. The van der Waals surface area contributed by atoms with E-state index in [4.69, 9.17) is 0 Å². The first-order valence-corrected chi connectivity index (χ1v) is 7.21. The quantitative estimate of drug-likeness (QED) is 0.853. The molecule has 0 bridgehead atoms. The second-order valence-electron chi connectivity index (χ2n) is 5.43. The second kappa shape index (κ2) is 4.38. The van der Waals surface area contributed by atoms with Gasteiger partial charge in [-0.3, -0.25) is 4.79 Å². The van der Waals surface area contributed by atoms with E-state index in [1.54, 1.807) is 0 Å². The van der Waals surface area contributed by atoms with Crippen molar-refractivity contribution < 1.29 is 4.79 Å². The highest BCUT2D eigenvalue weighted by Crippen LogP contribution is 2.33. The lowest BCUT2D eigenvalue weighted by Crippen LogP contribution is -2.38. The van der Waals surface area contributed by atoms with Gasteiger partial charge in [0.2, 0.25) is 0 Å². The Morgan fingerprint density at radius 1 is 1.50 bits per heavy atom. The molecule has 98 valence electrons. The molecular weight excluding hydrogens is 294 g/mol. The number of aryl methyl sites for hydroxylation is 1. The number of carbonyl (C=O) groups is 1. The SMILES string of the molecule is CC1C2CNCC2CN1C(=O)c1cc(Br)cn1C. The molecule has 1 aromatic heterocycles. The number of amides is 1. The van der Waals surface area contributed by atoms with E-state index in [0.717, 1.165) is 29.8 Å². The number of fused-ring (bicyclic) bond motifs is 1. The summed E-state index contributed by atoms with van der Waals surface area (Å²) in [7, 11) is 1.92. The normalized spacial score (nSPS) is 30.8. The fourth-order valence-electron chi connectivity index (χ4n) is 3.32. The van der Waals surface area contributed by atoms with Gasteiger partial charge in [-0.15, -0.1) is 0 Å². The van der Waals surface area contributed by atoms with Gasteiger partial charge in [-0.25, -0.2) is 0 Å². The van der Waals surface area contributed by atoms with Crippen LogP contribution in [0.2, 0.25) is 0 Å². The van der Waals surface area contributed by atoms with Crippen molar-refractivity contribution in [2.45, 2.75) is 13.0 Å². The van der Waals surface area contributed by atoms with Crippen LogP contribution in [0, 0.1) is 11.8 Å². The minimum atomic E-state index is 0.158. The number of likely N-dealkylation sites (tertiary alicyclic amines) is 1. The number of nitrogens with zero attached hydrogens (tertiary/aromatic N) is 2. The van der Waals surface area contributed by atoms with Gasteiger partial charge in [-0.1, -0.05) is 0 Å². The predicted molar refractivity (Wildman–Crippen MR) is 73.5 cm³/mol. The van der Waals surface area contributed by atoms with Crippen LogP contribution >= 0.6 is 15.9 Å². The number of hydrogen-bond acceptors (Lipinski definition) is 2. The Labute approximate surface area is 115 Å². The molecule has 2 saturated heterocycles. The maximum Gasteiger partial charge on any atom is 0.270 e. The van der Waals surface area contributed by atoms with Crippen LogP contribution in [0.25, 0.3) is 0 Å². The highest BCUT2D eigenvalue weighted by Gasteiger charge is 2.44. The molecule has 1 N–H and O–H groups in total. The van der Waals surface area contributed by atoms with Crippen LogP contribution in [0.15, 0.2) is 16.7 Å². The highest BCUT2D eigenvalue weighted by atomic mass is 79.9. The van der Waals surface area contributed by atoms with Crippen molar-refractivity contribution >= 4 is 21.8 Å². The molecule has 0 spiro atoms. The third-order valence-electron chi connectivity index (χ3n) is 4.39. The largest absolute Gasteiger partial charge is 0.345 e. The van der Waals surface area contributed by atoms with E-state index in [1.165, 1.54) is 0 Å². The molecule has 0 saturated carbocycles. The lowest BCUT2D eigenvalue weighted by atomic mass is 9.95. The first-order chi connectivity index (χ1) is 8.58. The van der Waals surface area contributed by atoms with E-state index in [-0.39, 0.29) is 5.91 Å². The molecule has 3 atom stereocenters. The fourth-order valence-corrected chi connectivity index (χ4v) is 3.84. The summed E-state index contributed by atoms with van der Waals surface area (Å²) in [6, 6.07) is 2.24. The van der Waals surface area contributed by atoms with E-state index in [9.17, 15) is 4.79 Å². The zero-order chi connectivity index (χ0) is 12.9. The Hall–Kier alpha value is -0.810. The van der Waals surface area contributed by atoms with Crippen LogP contribution in [0.1, 0.15) is 17.4 Å². The molecule has 1 amide bonds. The molecule has 5 heteroatoms. The molecule has 3 heterocycles. The monoisotopic (exact) mass is 311 g/mol. The molecule has 0 radical (unpaired) electrons. The molecule has 0 aromatic carbocycles. The molecule has 4 nitrogen and oxygen atoms in total. The van der Waals surface area contributed by atoms with Gasteiger partial charge in [-0.05, 0) is 40.8 Å². The molecule has 3 unspecified atom stereocenters. The van der Waals surface area contributed by atoms with Crippen LogP contribution in [-0.4, -0.2) is 41.1 Å². The summed E-state index contributed by atoms with van der Waals surface area (Å²) in [5.41, 5.74) is 0.765. The first-order valence-electron chi connectivity index (χ1n) is 6.41. The Morgan fingerprint density at radius 3 is 2.89 bits per heavy atom. The number of aromatic nitrogens is 1. The number of carbonyl (C=O) groups excluding carboxylic acids is 1. The number of halogens is 1. The zero-order valence-corrected chi connectivity index (χ0v) is 12.3. The second-order valence-corrected chi connectivity index (χ2v) is 6.35. The smallest absolute Gasteiger partial charge is 0.270 e. The van der Waals surface area contributed by atoms with Crippen LogP contribution in [0.5, 0.6) is 0 Å². The van der Waals surface area contributed by atoms with E-state index in [1.807, 2.05) is 28.8 Å². The molecule has 1 aromatic rings. The van der Waals surface area contributed by atoms with Gasteiger partial charge in [0, 0.05) is 43.4 Å². The fraction of sp³-hybridized carbons (Fsp3) is 0.615.